The minimum Gasteiger partial charge on any atom is -0.496 e. The zero-order chi connectivity index (χ0) is 13.8. The van der Waals surface area contributed by atoms with Gasteiger partial charge in [0.05, 0.1) is 19.7 Å². The number of hydrogen-bond donors (Lipinski definition) is 0. The number of carbonyl (C=O) groups is 1. The number of hydrogen-bond acceptors (Lipinski definition) is 4. The first-order chi connectivity index (χ1) is 9.15. The van der Waals surface area contributed by atoms with Crippen molar-refractivity contribution in [2.45, 2.75) is 6.92 Å². The summed E-state index contributed by atoms with van der Waals surface area (Å²) in [5, 5.41) is 0.935. The van der Waals surface area contributed by atoms with Crippen LogP contribution in [0.5, 0.6) is 5.75 Å². The van der Waals surface area contributed by atoms with E-state index in [0.717, 1.165) is 22.2 Å². The number of pyridine rings is 1. The summed E-state index contributed by atoms with van der Waals surface area (Å²) in [6.45, 7) is 1.94. The molecule has 0 bridgehead atoms. The number of aryl methyl sites for hydroxylation is 1. The third-order valence-electron chi connectivity index (χ3n) is 2.82. The van der Waals surface area contributed by atoms with Crippen molar-refractivity contribution in [3.63, 3.8) is 0 Å². The fourth-order valence-corrected chi connectivity index (χ4v) is 1.88. The molecule has 1 aromatic heterocycles. The van der Waals surface area contributed by atoms with Crippen LogP contribution in [0.1, 0.15) is 11.3 Å². The van der Waals surface area contributed by atoms with Crippen LogP contribution in [0.2, 0.25) is 0 Å². The Labute approximate surface area is 111 Å². The maximum Gasteiger partial charge on any atom is 0.330 e. The van der Waals surface area contributed by atoms with Gasteiger partial charge in [-0.05, 0) is 31.2 Å². The monoisotopic (exact) mass is 257 g/mol. The molecule has 0 atom stereocenters. The lowest BCUT2D eigenvalue weighted by Gasteiger charge is -2.08. The Morgan fingerprint density at radius 3 is 2.68 bits per heavy atom. The Morgan fingerprint density at radius 2 is 2.00 bits per heavy atom. The van der Waals surface area contributed by atoms with E-state index >= 15 is 0 Å². The molecule has 1 heterocycles. The molecule has 0 aliphatic heterocycles. The van der Waals surface area contributed by atoms with Gasteiger partial charge in [0.25, 0.3) is 0 Å². The highest BCUT2D eigenvalue weighted by Crippen LogP contribution is 2.28. The zero-order valence-electron chi connectivity index (χ0n) is 11.1. The number of methoxy groups -OCH3 is 2. The molecule has 19 heavy (non-hydrogen) atoms. The quantitative estimate of drug-likeness (QED) is 0.626. The van der Waals surface area contributed by atoms with E-state index in [9.17, 15) is 4.79 Å². The van der Waals surface area contributed by atoms with Gasteiger partial charge in [-0.3, -0.25) is 4.98 Å². The summed E-state index contributed by atoms with van der Waals surface area (Å²) < 4.78 is 9.91. The average molecular weight is 257 g/mol. The molecule has 0 spiro atoms. The summed E-state index contributed by atoms with van der Waals surface area (Å²) in [5.41, 5.74) is 2.63. The summed E-state index contributed by atoms with van der Waals surface area (Å²) in [5.74, 6) is 0.289. The van der Waals surface area contributed by atoms with Crippen molar-refractivity contribution in [2.75, 3.05) is 14.2 Å². The molecule has 4 nitrogen and oxygen atoms in total. The smallest absolute Gasteiger partial charge is 0.330 e. The van der Waals surface area contributed by atoms with E-state index in [1.165, 1.54) is 13.2 Å². The van der Waals surface area contributed by atoms with Gasteiger partial charge in [0.1, 0.15) is 5.75 Å². The molecule has 0 unspecified atom stereocenters. The molecule has 0 radical (unpaired) electrons. The van der Waals surface area contributed by atoms with Crippen LogP contribution in [0.25, 0.3) is 17.0 Å². The van der Waals surface area contributed by atoms with Crippen molar-refractivity contribution in [3.8, 4) is 5.75 Å². The molecule has 0 aliphatic carbocycles. The van der Waals surface area contributed by atoms with Gasteiger partial charge < -0.3 is 9.47 Å². The molecule has 0 saturated heterocycles. The molecule has 98 valence electrons. The highest BCUT2D eigenvalue weighted by molar-refractivity contribution is 5.95. The third-order valence-corrected chi connectivity index (χ3v) is 2.82. The maximum atomic E-state index is 11.2. The van der Waals surface area contributed by atoms with Crippen LogP contribution in [0.3, 0.4) is 0 Å². The van der Waals surface area contributed by atoms with Crippen molar-refractivity contribution >= 4 is 22.9 Å². The minimum atomic E-state index is -0.404. The zero-order valence-corrected chi connectivity index (χ0v) is 11.1. The van der Waals surface area contributed by atoms with Crippen molar-refractivity contribution < 1.29 is 14.3 Å². The molecular weight excluding hydrogens is 242 g/mol. The predicted molar refractivity (Wildman–Crippen MR) is 74.1 cm³/mol. The second-order valence-corrected chi connectivity index (χ2v) is 4.06. The number of esters is 1. The molecular formula is C15H15NO3. The summed E-state index contributed by atoms with van der Waals surface area (Å²) in [4.78, 5) is 15.7. The van der Waals surface area contributed by atoms with Gasteiger partial charge in [-0.15, -0.1) is 0 Å². The van der Waals surface area contributed by atoms with Crippen molar-refractivity contribution in [1.82, 2.24) is 4.98 Å². The van der Waals surface area contributed by atoms with Crippen LogP contribution >= 0.6 is 0 Å². The first-order valence-corrected chi connectivity index (χ1v) is 5.86. The van der Waals surface area contributed by atoms with Gasteiger partial charge in [0, 0.05) is 22.7 Å². The van der Waals surface area contributed by atoms with E-state index in [1.807, 2.05) is 31.2 Å². The van der Waals surface area contributed by atoms with Crippen LogP contribution in [-0.2, 0) is 9.53 Å². The second kappa shape index (κ2) is 5.52. The van der Waals surface area contributed by atoms with E-state index in [2.05, 4.69) is 9.72 Å². The van der Waals surface area contributed by atoms with Crippen LogP contribution in [-0.4, -0.2) is 25.2 Å². The molecule has 2 aromatic rings. The lowest BCUT2D eigenvalue weighted by Crippen LogP contribution is -1.95. The Morgan fingerprint density at radius 1 is 1.21 bits per heavy atom. The Balaban J connectivity index is 2.61. The number of rotatable bonds is 3. The highest BCUT2D eigenvalue weighted by atomic mass is 16.5. The number of benzene rings is 1. The lowest BCUT2D eigenvalue weighted by atomic mass is 10.1. The van der Waals surface area contributed by atoms with E-state index in [-0.39, 0.29) is 0 Å². The van der Waals surface area contributed by atoms with Gasteiger partial charge in [-0.25, -0.2) is 4.79 Å². The van der Waals surface area contributed by atoms with Crippen LogP contribution in [0, 0.1) is 6.92 Å². The summed E-state index contributed by atoms with van der Waals surface area (Å²) in [7, 11) is 2.94. The average Bonchev–Trinajstić information content (AvgIpc) is 2.43. The standard InChI is InChI=1S/C15H15NO3/c1-10-4-5-11-12(6-9-15(17)19-3)14(18-2)8-7-13(11)16-10/h4-9H,1-3H3. The van der Waals surface area contributed by atoms with Crippen molar-refractivity contribution in [3.05, 3.63) is 41.6 Å². The SMILES string of the molecule is COC(=O)C=Cc1c(OC)ccc2nc(C)ccc12. The second-order valence-electron chi connectivity index (χ2n) is 4.06. The maximum absolute atomic E-state index is 11.2. The Kier molecular flexibility index (Phi) is 3.80. The molecule has 0 amide bonds. The molecule has 0 aliphatic rings. The number of nitrogens with zero attached hydrogens (tertiary/aromatic N) is 1. The largest absolute Gasteiger partial charge is 0.496 e. The van der Waals surface area contributed by atoms with Gasteiger partial charge in [-0.1, -0.05) is 6.07 Å². The van der Waals surface area contributed by atoms with Crippen LogP contribution < -0.4 is 4.74 Å². The van der Waals surface area contributed by atoms with Gasteiger partial charge in [0.15, 0.2) is 0 Å². The molecule has 0 fully saturated rings. The van der Waals surface area contributed by atoms with Crippen molar-refractivity contribution in [1.29, 1.82) is 0 Å². The van der Waals surface area contributed by atoms with E-state index < -0.39 is 5.97 Å². The predicted octanol–water partition coefficient (Wildman–Crippen LogP) is 2.74. The molecule has 0 saturated carbocycles. The van der Waals surface area contributed by atoms with Gasteiger partial charge in [0.2, 0.25) is 0 Å². The van der Waals surface area contributed by atoms with Crippen molar-refractivity contribution in [2.24, 2.45) is 0 Å². The minimum absolute atomic E-state index is 0.404. The fourth-order valence-electron chi connectivity index (χ4n) is 1.88. The third kappa shape index (κ3) is 2.73. The number of fused-ring (bicyclic) bond motifs is 1. The Bertz CT molecular complexity index is 647. The van der Waals surface area contributed by atoms with E-state index in [4.69, 9.17) is 4.74 Å². The fraction of sp³-hybridized carbons (Fsp3) is 0.200. The summed E-state index contributed by atoms with van der Waals surface area (Å²) in [6, 6.07) is 7.64. The molecule has 1 aromatic carbocycles. The van der Waals surface area contributed by atoms with Crippen LogP contribution in [0.4, 0.5) is 0 Å². The molecule has 0 N–H and O–H groups in total. The normalized spacial score (nSPS) is 10.9. The van der Waals surface area contributed by atoms with Gasteiger partial charge >= 0.3 is 5.97 Å². The highest BCUT2D eigenvalue weighted by Gasteiger charge is 2.07. The topological polar surface area (TPSA) is 48.4 Å². The number of carbonyl (C=O) groups excluding carboxylic acids is 1. The molecule has 4 heteroatoms. The lowest BCUT2D eigenvalue weighted by molar-refractivity contribution is -0.134. The van der Waals surface area contributed by atoms with Crippen LogP contribution in [0.15, 0.2) is 30.3 Å². The first kappa shape index (κ1) is 13.1. The van der Waals surface area contributed by atoms with E-state index in [1.54, 1.807) is 13.2 Å². The van der Waals surface area contributed by atoms with Gasteiger partial charge in [-0.2, -0.15) is 0 Å². The molecule has 2 rings (SSSR count). The number of aromatic nitrogens is 1. The number of ether oxygens (including phenoxy) is 2. The Hall–Kier alpha value is -2.36. The first-order valence-electron chi connectivity index (χ1n) is 5.86. The van der Waals surface area contributed by atoms with E-state index in [0.29, 0.717) is 5.75 Å². The summed E-state index contributed by atoms with van der Waals surface area (Å²) in [6.07, 6.45) is 3.06. The summed E-state index contributed by atoms with van der Waals surface area (Å²) >= 11 is 0.